The summed E-state index contributed by atoms with van der Waals surface area (Å²) in [4.78, 5) is 12.5. The third-order valence-electron chi connectivity index (χ3n) is 5.23. The molecule has 1 unspecified atom stereocenters. The van der Waals surface area contributed by atoms with E-state index in [0.717, 1.165) is 19.3 Å². The van der Waals surface area contributed by atoms with Crippen molar-refractivity contribution in [1.29, 1.82) is 0 Å². The first-order valence-corrected chi connectivity index (χ1v) is 11.7. The van der Waals surface area contributed by atoms with Crippen LogP contribution >= 0.6 is 0 Å². The van der Waals surface area contributed by atoms with Gasteiger partial charge >= 0.3 is 0 Å². The highest BCUT2D eigenvalue weighted by atomic mass is 32.2. The van der Waals surface area contributed by atoms with Crippen LogP contribution in [0.25, 0.3) is 0 Å². The number of nitrogens with zero attached hydrogens (tertiary/aromatic N) is 1. The molecule has 0 fully saturated rings. The molecule has 6 nitrogen and oxygen atoms in total. The molecule has 1 N–H and O–H groups in total. The molecule has 2 aromatic carbocycles. The van der Waals surface area contributed by atoms with Gasteiger partial charge in [-0.1, -0.05) is 24.3 Å². The third kappa shape index (κ3) is 5.50. The molecule has 0 bridgehead atoms. The van der Waals surface area contributed by atoms with Gasteiger partial charge in [0.2, 0.25) is 15.9 Å². The van der Waals surface area contributed by atoms with Gasteiger partial charge in [0, 0.05) is 13.0 Å². The number of amides is 1. The van der Waals surface area contributed by atoms with E-state index in [-0.39, 0.29) is 24.9 Å². The average molecular weight is 417 g/mol. The Hall–Kier alpha value is -2.54. The molecule has 156 valence electrons. The third-order valence-corrected chi connectivity index (χ3v) is 6.42. The smallest absolute Gasteiger partial charge is 0.232 e. The summed E-state index contributed by atoms with van der Waals surface area (Å²) in [6.07, 6.45) is 4.94. The number of aryl methyl sites for hydroxylation is 1. The Bertz CT molecular complexity index is 942. The summed E-state index contributed by atoms with van der Waals surface area (Å²) in [7, 11) is -1.88. The normalized spacial score (nSPS) is 16.0. The van der Waals surface area contributed by atoms with Gasteiger partial charge in [-0.05, 0) is 61.1 Å². The van der Waals surface area contributed by atoms with E-state index < -0.39 is 10.0 Å². The van der Waals surface area contributed by atoms with E-state index in [1.807, 2.05) is 12.1 Å². The number of fused-ring (bicyclic) bond motifs is 1. The number of hydrogen-bond acceptors (Lipinski definition) is 4. The summed E-state index contributed by atoms with van der Waals surface area (Å²) < 4.78 is 30.9. The summed E-state index contributed by atoms with van der Waals surface area (Å²) in [5, 5.41) is 3.12. The van der Waals surface area contributed by atoms with Gasteiger partial charge in [-0.25, -0.2) is 8.42 Å². The molecule has 3 rings (SSSR count). The number of ether oxygens (including phenoxy) is 1. The Labute approximate surface area is 172 Å². The minimum Gasteiger partial charge on any atom is -0.497 e. The van der Waals surface area contributed by atoms with Crippen molar-refractivity contribution in [3.63, 3.8) is 0 Å². The highest BCUT2D eigenvalue weighted by Gasteiger charge is 2.22. The predicted molar refractivity (Wildman–Crippen MR) is 115 cm³/mol. The number of rotatable bonds is 8. The summed E-state index contributed by atoms with van der Waals surface area (Å²) in [5.41, 5.74) is 3.06. The molecule has 1 atom stereocenters. The van der Waals surface area contributed by atoms with Gasteiger partial charge in [0.25, 0.3) is 0 Å². The molecule has 1 aliphatic rings. The van der Waals surface area contributed by atoms with E-state index in [1.54, 1.807) is 31.4 Å². The van der Waals surface area contributed by atoms with Crippen LogP contribution in [0.15, 0.2) is 48.5 Å². The van der Waals surface area contributed by atoms with Gasteiger partial charge in [-0.2, -0.15) is 0 Å². The zero-order valence-electron chi connectivity index (χ0n) is 16.9. The van der Waals surface area contributed by atoms with Gasteiger partial charge in [0.1, 0.15) is 5.75 Å². The molecule has 1 amide bonds. The Morgan fingerprint density at radius 3 is 2.59 bits per heavy atom. The van der Waals surface area contributed by atoms with Gasteiger partial charge < -0.3 is 10.1 Å². The minimum atomic E-state index is -3.44. The molecular weight excluding hydrogens is 388 g/mol. The maximum atomic E-state index is 12.5. The predicted octanol–water partition coefficient (Wildman–Crippen LogP) is 3.44. The SMILES string of the molecule is COc1ccc(N(CCCC(=O)NC2CCCc3ccccc32)S(C)(=O)=O)cc1. The Morgan fingerprint density at radius 2 is 1.90 bits per heavy atom. The van der Waals surface area contributed by atoms with Crippen molar-refractivity contribution in [2.24, 2.45) is 0 Å². The van der Waals surface area contributed by atoms with Crippen molar-refractivity contribution in [2.75, 3.05) is 24.2 Å². The first kappa shape index (κ1) is 21.2. The quantitative estimate of drug-likeness (QED) is 0.715. The summed E-state index contributed by atoms with van der Waals surface area (Å²) in [5.74, 6) is 0.615. The highest BCUT2D eigenvalue weighted by molar-refractivity contribution is 7.92. The topological polar surface area (TPSA) is 75.7 Å². The van der Waals surface area contributed by atoms with E-state index in [0.29, 0.717) is 17.9 Å². The second-order valence-corrected chi connectivity index (χ2v) is 9.25. The van der Waals surface area contributed by atoms with Gasteiger partial charge in [-0.3, -0.25) is 9.10 Å². The Kier molecular flexibility index (Phi) is 6.79. The number of nitrogens with one attached hydrogen (secondary N) is 1. The fourth-order valence-corrected chi connectivity index (χ4v) is 4.75. The number of hydrogen-bond donors (Lipinski definition) is 1. The molecule has 0 saturated heterocycles. The number of carbonyl (C=O) groups is 1. The molecule has 7 heteroatoms. The van der Waals surface area contributed by atoms with E-state index in [9.17, 15) is 13.2 Å². The molecule has 29 heavy (non-hydrogen) atoms. The van der Waals surface area contributed by atoms with Crippen molar-refractivity contribution in [3.05, 3.63) is 59.7 Å². The fraction of sp³-hybridized carbons (Fsp3) is 0.409. The van der Waals surface area contributed by atoms with E-state index in [2.05, 4.69) is 17.4 Å². The Balaban J connectivity index is 1.58. The molecular formula is C22H28N2O4S. The van der Waals surface area contributed by atoms with Crippen LogP contribution in [0.1, 0.15) is 42.9 Å². The molecule has 1 aliphatic carbocycles. The monoisotopic (exact) mass is 416 g/mol. The van der Waals surface area contributed by atoms with Crippen LogP contribution in [-0.2, 0) is 21.2 Å². The zero-order valence-corrected chi connectivity index (χ0v) is 17.7. The summed E-state index contributed by atoms with van der Waals surface area (Å²) in [6, 6.07) is 15.1. The van der Waals surface area contributed by atoms with E-state index in [4.69, 9.17) is 4.74 Å². The van der Waals surface area contributed by atoms with Crippen LogP contribution in [0.3, 0.4) is 0 Å². The number of methoxy groups -OCH3 is 1. The maximum absolute atomic E-state index is 12.5. The lowest BCUT2D eigenvalue weighted by molar-refractivity contribution is -0.122. The van der Waals surface area contributed by atoms with Crippen molar-refractivity contribution in [1.82, 2.24) is 5.32 Å². The summed E-state index contributed by atoms with van der Waals surface area (Å²) >= 11 is 0. The highest BCUT2D eigenvalue weighted by Crippen LogP contribution is 2.29. The van der Waals surface area contributed by atoms with Gasteiger partial charge in [0.15, 0.2) is 0 Å². The standard InChI is InChI=1S/C22H28N2O4S/c1-28-19-14-12-18(13-15-19)24(29(2,26)27)16-6-11-22(25)23-21-10-5-8-17-7-3-4-9-20(17)21/h3-4,7,9,12-15,21H,5-6,8,10-11,16H2,1-2H3,(H,23,25). The van der Waals surface area contributed by atoms with Crippen LogP contribution in [0.2, 0.25) is 0 Å². The average Bonchev–Trinajstić information content (AvgIpc) is 2.71. The van der Waals surface area contributed by atoms with Gasteiger partial charge in [-0.15, -0.1) is 0 Å². The second kappa shape index (κ2) is 9.31. The molecule has 0 radical (unpaired) electrons. The lowest BCUT2D eigenvalue weighted by Gasteiger charge is -2.26. The van der Waals surface area contributed by atoms with Crippen molar-refractivity contribution >= 4 is 21.6 Å². The summed E-state index contributed by atoms with van der Waals surface area (Å²) in [6.45, 7) is 0.250. The van der Waals surface area contributed by atoms with Crippen molar-refractivity contribution in [2.45, 2.75) is 38.1 Å². The lowest BCUT2D eigenvalue weighted by atomic mass is 9.87. The molecule has 0 saturated carbocycles. The first-order chi connectivity index (χ1) is 13.9. The number of anilines is 1. The van der Waals surface area contributed by atoms with Crippen LogP contribution < -0.4 is 14.4 Å². The number of sulfonamides is 1. The van der Waals surface area contributed by atoms with Crippen LogP contribution in [0.4, 0.5) is 5.69 Å². The number of carbonyl (C=O) groups excluding carboxylic acids is 1. The maximum Gasteiger partial charge on any atom is 0.232 e. The fourth-order valence-electron chi connectivity index (χ4n) is 3.79. The van der Waals surface area contributed by atoms with Crippen LogP contribution in [0.5, 0.6) is 5.75 Å². The second-order valence-electron chi connectivity index (χ2n) is 7.35. The molecule has 0 heterocycles. The van der Waals surface area contributed by atoms with Gasteiger partial charge in [0.05, 0.1) is 25.1 Å². The van der Waals surface area contributed by atoms with Crippen LogP contribution in [0, 0.1) is 0 Å². The largest absolute Gasteiger partial charge is 0.497 e. The molecule has 2 aromatic rings. The molecule has 0 spiro atoms. The molecule has 0 aliphatic heterocycles. The molecule has 0 aromatic heterocycles. The van der Waals surface area contributed by atoms with Crippen molar-refractivity contribution in [3.8, 4) is 5.75 Å². The van der Waals surface area contributed by atoms with E-state index in [1.165, 1.54) is 21.7 Å². The zero-order chi connectivity index (χ0) is 20.9. The Morgan fingerprint density at radius 1 is 1.17 bits per heavy atom. The number of benzene rings is 2. The minimum absolute atomic E-state index is 0.0417. The first-order valence-electron chi connectivity index (χ1n) is 9.87. The van der Waals surface area contributed by atoms with Crippen LogP contribution in [-0.4, -0.2) is 34.2 Å². The lowest BCUT2D eigenvalue weighted by Crippen LogP contribution is -2.33. The van der Waals surface area contributed by atoms with E-state index >= 15 is 0 Å². The van der Waals surface area contributed by atoms with Crippen molar-refractivity contribution < 1.29 is 17.9 Å².